The van der Waals surface area contributed by atoms with Gasteiger partial charge in [0.25, 0.3) is 5.91 Å². The Morgan fingerprint density at radius 3 is 2.19 bits per heavy atom. The lowest BCUT2D eigenvalue weighted by Crippen LogP contribution is -2.41. The second-order valence-electron chi connectivity index (χ2n) is 5.68. The standard InChI is InChI=1S/C20H24N2O4/c1-3-15-6-8-16(9-7-15)20(24)22-21-19(23)5-4-14-26-18-12-10-17(25-2)11-13-18/h6-13H,3-5,14H2,1-2H3,(H,21,23)(H,22,24). The van der Waals surface area contributed by atoms with Gasteiger partial charge in [-0.15, -0.1) is 0 Å². The number of nitrogens with one attached hydrogen (secondary N) is 2. The zero-order valence-corrected chi connectivity index (χ0v) is 15.1. The molecule has 0 aliphatic carbocycles. The van der Waals surface area contributed by atoms with E-state index in [1.54, 1.807) is 19.2 Å². The number of aryl methyl sites for hydroxylation is 1. The van der Waals surface area contributed by atoms with E-state index < -0.39 is 0 Å². The first kappa shape index (κ1) is 19.3. The Balaban J connectivity index is 1.64. The van der Waals surface area contributed by atoms with E-state index in [-0.39, 0.29) is 18.2 Å². The predicted octanol–water partition coefficient (Wildman–Crippen LogP) is 2.88. The maximum atomic E-state index is 12.0. The molecule has 0 aromatic heterocycles. The molecule has 0 bridgehead atoms. The molecule has 26 heavy (non-hydrogen) atoms. The summed E-state index contributed by atoms with van der Waals surface area (Å²) in [5.41, 5.74) is 6.49. The highest BCUT2D eigenvalue weighted by Crippen LogP contribution is 2.17. The predicted molar refractivity (Wildman–Crippen MR) is 99.2 cm³/mol. The van der Waals surface area contributed by atoms with Gasteiger partial charge in [0, 0.05) is 12.0 Å². The summed E-state index contributed by atoms with van der Waals surface area (Å²) in [6.45, 7) is 2.46. The third-order valence-electron chi connectivity index (χ3n) is 3.82. The molecule has 0 heterocycles. The van der Waals surface area contributed by atoms with Crippen molar-refractivity contribution in [2.45, 2.75) is 26.2 Å². The van der Waals surface area contributed by atoms with Crippen molar-refractivity contribution in [2.24, 2.45) is 0 Å². The minimum Gasteiger partial charge on any atom is -0.497 e. The molecule has 0 unspecified atom stereocenters. The highest BCUT2D eigenvalue weighted by Gasteiger charge is 2.07. The lowest BCUT2D eigenvalue weighted by molar-refractivity contribution is -0.122. The number of hydrazine groups is 1. The lowest BCUT2D eigenvalue weighted by atomic mass is 10.1. The fourth-order valence-corrected chi connectivity index (χ4v) is 2.25. The van der Waals surface area contributed by atoms with E-state index in [2.05, 4.69) is 10.9 Å². The van der Waals surface area contributed by atoms with Crippen LogP contribution in [-0.2, 0) is 11.2 Å². The Bertz CT molecular complexity index is 712. The molecule has 138 valence electrons. The first-order chi connectivity index (χ1) is 12.6. The van der Waals surface area contributed by atoms with Crippen LogP contribution >= 0.6 is 0 Å². The van der Waals surface area contributed by atoms with E-state index in [0.29, 0.717) is 18.6 Å². The van der Waals surface area contributed by atoms with E-state index in [9.17, 15) is 9.59 Å². The molecule has 2 N–H and O–H groups in total. The molecule has 2 aromatic rings. The zero-order valence-electron chi connectivity index (χ0n) is 15.1. The SMILES string of the molecule is CCc1ccc(C(=O)NNC(=O)CCCOc2ccc(OC)cc2)cc1. The fourth-order valence-electron chi connectivity index (χ4n) is 2.25. The molecule has 0 saturated carbocycles. The van der Waals surface area contributed by atoms with Crippen LogP contribution < -0.4 is 20.3 Å². The van der Waals surface area contributed by atoms with Crippen molar-refractivity contribution >= 4 is 11.8 Å². The summed E-state index contributed by atoms with van der Waals surface area (Å²) in [6.07, 6.45) is 1.71. The van der Waals surface area contributed by atoms with Crippen LogP contribution in [0.4, 0.5) is 0 Å². The van der Waals surface area contributed by atoms with Crippen molar-refractivity contribution in [3.8, 4) is 11.5 Å². The molecule has 0 atom stereocenters. The summed E-state index contributed by atoms with van der Waals surface area (Å²) < 4.78 is 10.6. The van der Waals surface area contributed by atoms with Crippen molar-refractivity contribution in [3.05, 3.63) is 59.7 Å². The van der Waals surface area contributed by atoms with Gasteiger partial charge in [-0.1, -0.05) is 19.1 Å². The number of carbonyl (C=O) groups excluding carboxylic acids is 2. The Kier molecular flexibility index (Phi) is 7.49. The second kappa shape index (κ2) is 10.1. The molecule has 0 fully saturated rings. The monoisotopic (exact) mass is 356 g/mol. The Morgan fingerprint density at radius 1 is 0.923 bits per heavy atom. The van der Waals surface area contributed by atoms with Gasteiger partial charge in [0.2, 0.25) is 5.91 Å². The maximum Gasteiger partial charge on any atom is 0.269 e. The Labute approximate surface area is 153 Å². The molecule has 6 heteroatoms. The summed E-state index contributed by atoms with van der Waals surface area (Å²) in [6, 6.07) is 14.5. The summed E-state index contributed by atoms with van der Waals surface area (Å²) in [7, 11) is 1.60. The molecule has 0 aliphatic heterocycles. The van der Waals surface area contributed by atoms with Crippen molar-refractivity contribution in [2.75, 3.05) is 13.7 Å². The highest BCUT2D eigenvalue weighted by molar-refractivity contribution is 5.95. The normalized spacial score (nSPS) is 10.1. The first-order valence-electron chi connectivity index (χ1n) is 8.57. The fraction of sp³-hybridized carbons (Fsp3) is 0.300. The van der Waals surface area contributed by atoms with Gasteiger partial charge in [-0.3, -0.25) is 20.4 Å². The molecule has 0 spiro atoms. The third-order valence-corrected chi connectivity index (χ3v) is 3.82. The topological polar surface area (TPSA) is 76.7 Å². The van der Waals surface area contributed by atoms with Gasteiger partial charge >= 0.3 is 0 Å². The van der Waals surface area contributed by atoms with Crippen LogP contribution in [0.1, 0.15) is 35.7 Å². The van der Waals surface area contributed by atoms with E-state index in [0.717, 1.165) is 23.5 Å². The van der Waals surface area contributed by atoms with E-state index in [1.165, 1.54) is 0 Å². The van der Waals surface area contributed by atoms with E-state index >= 15 is 0 Å². The summed E-state index contributed by atoms with van der Waals surface area (Å²) >= 11 is 0. The molecule has 2 rings (SSSR count). The number of hydrogen-bond acceptors (Lipinski definition) is 4. The second-order valence-corrected chi connectivity index (χ2v) is 5.68. The zero-order chi connectivity index (χ0) is 18.8. The molecule has 2 amide bonds. The number of rotatable bonds is 8. The highest BCUT2D eigenvalue weighted by atomic mass is 16.5. The average molecular weight is 356 g/mol. The van der Waals surface area contributed by atoms with Crippen LogP contribution in [0.3, 0.4) is 0 Å². The third kappa shape index (κ3) is 6.12. The molecule has 0 aliphatic rings. The largest absolute Gasteiger partial charge is 0.497 e. The van der Waals surface area contributed by atoms with Gasteiger partial charge in [-0.05, 0) is 54.8 Å². The van der Waals surface area contributed by atoms with Gasteiger partial charge in [-0.2, -0.15) is 0 Å². The molecular weight excluding hydrogens is 332 g/mol. The van der Waals surface area contributed by atoms with Crippen molar-refractivity contribution in [3.63, 3.8) is 0 Å². The number of benzene rings is 2. The van der Waals surface area contributed by atoms with Crippen LogP contribution in [0.2, 0.25) is 0 Å². The number of ether oxygens (including phenoxy) is 2. The van der Waals surface area contributed by atoms with Gasteiger partial charge in [0.1, 0.15) is 11.5 Å². The quantitative estimate of drug-likeness (QED) is 0.563. The summed E-state index contributed by atoms with van der Waals surface area (Å²) in [4.78, 5) is 23.7. The maximum absolute atomic E-state index is 12.0. The lowest BCUT2D eigenvalue weighted by Gasteiger charge is -2.09. The molecule has 2 aromatic carbocycles. The van der Waals surface area contributed by atoms with Crippen molar-refractivity contribution < 1.29 is 19.1 Å². The molecule has 6 nitrogen and oxygen atoms in total. The molecular formula is C20H24N2O4. The number of hydrogen-bond donors (Lipinski definition) is 2. The summed E-state index contributed by atoms with van der Waals surface area (Å²) in [5, 5.41) is 0. The van der Waals surface area contributed by atoms with Crippen LogP contribution in [-0.4, -0.2) is 25.5 Å². The van der Waals surface area contributed by atoms with Crippen LogP contribution in [0.25, 0.3) is 0 Å². The van der Waals surface area contributed by atoms with Gasteiger partial charge in [-0.25, -0.2) is 0 Å². The molecule has 0 saturated heterocycles. The number of methoxy groups -OCH3 is 1. The van der Waals surface area contributed by atoms with Crippen molar-refractivity contribution in [1.29, 1.82) is 0 Å². The Hall–Kier alpha value is -3.02. The number of carbonyl (C=O) groups is 2. The number of amides is 2. The van der Waals surface area contributed by atoms with Crippen LogP contribution in [0.5, 0.6) is 11.5 Å². The van der Waals surface area contributed by atoms with E-state index in [1.807, 2.05) is 43.3 Å². The minimum absolute atomic E-state index is 0.255. The average Bonchev–Trinajstić information content (AvgIpc) is 2.70. The smallest absolute Gasteiger partial charge is 0.269 e. The van der Waals surface area contributed by atoms with E-state index in [4.69, 9.17) is 9.47 Å². The minimum atomic E-state index is -0.338. The van der Waals surface area contributed by atoms with Crippen molar-refractivity contribution in [1.82, 2.24) is 10.9 Å². The van der Waals surface area contributed by atoms with Gasteiger partial charge in [0.15, 0.2) is 0 Å². The summed E-state index contributed by atoms with van der Waals surface area (Å²) in [5.74, 6) is 0.879. The first-order valence-corrected chi connectivity index (χ1v) is 8.57. The van der Waals surface area contributed by atoms with Gasteiger partial charge < -0.3 is 9.47 Å². The Morgan fingerprint density at radius 2 is 1.58 bits per heavy atom. The van der Waals surface area contributed by atoms with Crippen LogP contribution in [0, 0.1) is 0 Å². The van der Waals surface area contributed by atoms with Crippen LogP contribution in [0.15, 0.2) is 48.5 Å². The molecule has 0 radical (unpaired) electrons. The van der Waals surface area contributed by atoms with Gasteiger partial charge in [0.05, 0.1) is 13.7 Å².